The summed E-state index contributed by atoms with van der Waals surface area (Å²) in [6.45, 7) is 4.18. The normalized spacial score (nSPS) is 22.9. The maximum atomic E-state index is 12.3. The maximum absolute atomic E-state index is 12.3. The van der Waals surface area contributed by atoms with Crippen molar-refractivity contribution in [1.29, 1.82) is 0 Å². The van der Waals surface area contributed by atoms with E-state index in [1.807, 2.05) is 13.0 Å². The minimum Gasteiger partial charge on any atom is -0.349 e. The highest BCUT2D eigenvalue weighted by atomic mass is 16.1. The summed E-state index contributed by atoms with van der Waals surface area (Å²) in [5.41, 5.74) is 2.21. The van der Waals surface area contributed by atoms with Crippen molar-refractivity contribution in [3.63, 3.8) is 0 Å². The van der Waals surface area contributed by atoms with Crippen molar-refractivity contribution in [3.8, 4) is 0 Å². The van der Waals surface area contributed by atoms with Crippen LogP contribution >= 0.6 is 0 Å². The molecule has 0 spiro atoms. The number of aryl methyl sites for hydroxylation is 1. The first-order valence-electron chi connectivity index (χ1n) is 7.25. The monoisotopic (exact) mass is 272 g/mol. The van der Waals surface area contributed by atoms with E-state index in [4.69, 9.17) is 0 Å². The number of carbonyl (C=O) groups excluding carboxylic acids is 1. The zero-order valence-electron chi connectivity index (χ0n) is 11.9. The average Bonchev–Trinajstić information content (AvgIpc) is 2.80. The molecule has 1 aliphatic rings. The van der Waals surface area contributed by atoms with Crippen molar-refractivity contribution >= 4 is 16.9 Å². The van der Waals surface area contributed by atoms with Crippen LogP contribution < -0.4 is 5.32 Å². The van der Waals surface area contributed by atoms with Gasteiger partial charge in [0.25, 0.3) is 5.91 Å². The number of aromatic nitrogens is 3. The number of nitrogens with one attached hydrogen (secondary N) is 2. The van der Waals surface area contributed by atoms with E-state index >= 15 is 0 Å². The first-order valence-corrected chi connectivity index (χ1v) is 7.25. The number of hydrogen-bond acceptors (Lipinski definition) is 3. The summed E-state index contributed by atoms with van der Waals surface area (Å²) in [6, 6.07) is 2.16. The van der Waals surface area contributed by atoms with Crippen molar-refractivity contribution in [2.24, 2.45) is 5.92 Å². The molecule has 0 aliphatic heterocycles. The maximum Gasteiger partial charge on any atom is 0.253 e. The molecule has 20 heavy (non-hydrogen) atoms. The number of aromatic amines is 1. The number of fused-ring (bicyclic) bond motifs is 1. The SMILES string of the molecule is Cc1[nH]nc2ncc(C(=O)NC3CCCC(C)C3)cc12. The Kier molecular flexibility index (Phi) is 3.42. The van der Waals surface area contributed by atoms with Crippen molar-refractivity contribution in [2.45, 2.75) is 45.6 Å². The molecule has 2 aromatic rings. The van der Waals surface area contributed by atoms with Gasteiger partial charge in [0.2, 0.25) is 0 Å². The third kappa shape index (κ3) is 2.53. The molecule has 2 unspecified atom stereocenters. The first-order chi connectivity index (χ1) is 9.63. The Morgan fingerprint density at radius 2 is 2.30 bits per heavy atom. The molecule has 2 aromatic heterocycles. The van der Waals surface area contributed by atoms with Gasteiger partial charge in [0.05, 0.1) is 5.56 Å². The number of carbonyl (C=O) groups is 1. The van der Waals surface area contributed by atoms with Crippen molar-refractivity contribution < 1.29 is 4.79 Å². The van der Waals surface area contributed by atoms with Gasteiger partial charge in [-0.2, -0.15) is 5.10 Å². The van der Waals surface area contributed by atoms with Crippen molar-refractivity contribution in [1.82, 2.24) is 20.5 Å². The fourth-order valence-corrected chi connectivity index (χ4v) is 2.98. The van der Waals surface area contributed by atoms with Gasteiger partial charge in [-0.15, -0.1) is 0 Å². The second-order valence-electron chi connectivity index (χ2n) is 5.89. The number of H-pyrrole nitrogens is 1. The van der Waals surface area contributed by atoms with Crippen LogP contribution in [0.2, 0.25) is 0 Å². The van der Waals surface area contributed by atoms with Crippen LogP contribution in [-0.4, -0.2) is 27.1 Å². The second kappa shape index (κ2) is 5.23. The highest BCUT2D eigenvalue weighted by Gasteiger charge is 2.21. The zero-order valence-corrected chi connectivity index (χ0v) is 11.9. The number of rotatable bonds is 2. The highest BCUT2D eigenvalue weighted by molar-refractivity contribution is 5.97. The highest BCUT2D eigenvalue weighted by Crippen LogP contribution is 2.24. The molecule has 0 saturated heterocycles. The Balaban J connectivity index is 1.76. The van der Waals surface area contributed by atoms with Crippen molar-refractivity contribution in [2.75, 3.05) is 0 Å². The van der Waals surface area contributed by atoms with E-state index in [1.54, 1.807) is 6.20 Å². The summed E-state index contributed by atoms with van der Waals surface area (Å²) < 4.78 is 0. The standard InChI is InChI=1S/C15H20N4O/c1-9-4-3-5-12(6-9)17-15(20)11-7-13-10(2)18-19-14(13)16-8-11/h7-9,12H,3-6H2,1-2H3,(H,17,20)(H,16,18,19). The molecule has 1 amide bonds. The average molecular weight is 272 g/mol. The van der Waals surface area contributed by atoms with Gasteiger partial charge in [0.15, 0.2) is 5.65 Å². The summed E-state index contributed by atoms with van der Waals surface area (Å²) in [6.07, 6.45) is 6.23. The lowest BCUT2D eigenvalue weighted by atomic mass is 9.87. The Hall–Kier alpha value is -1.91. The van der Waals surface area contributed by atoms with E-state index in [0.29, 0.717) is 23.2 Å². The summed E-state index contributed by atoms with van der Waals surface area (Å²) in [4.78, 5) is 16.5. The van der Waals surface area contributed by atoms with Crippen LogP contribution in [0.4, 0.5) is 0 Å². The summed E-state index contributed by atoms with van der Waals surface area (Å²) >= 11 is 0. The van der Waals surface area contributed by atoms with E-state index < -0.39 is 0 Å². The minimum absolute atomic E-state index is 0.0286. The lowest BCUT2D eigenvalue weighted by Gasteiger charge is -2.27. The van der Waals surface area contributed by atoms with Gasteiger partial charge >= 0.3 is 0 Å². The van der Waals surface area contributed by atoms with Crippen molar-refractivity contribution in [3.05, 3.63) is 23.5 Å². The Bertz CT molecular complexity index is 634. The second-order valence-corrected chi connectivity index (χ2v) is 5.89. The van der Waals surface area contributed by atoms with Crippen LogP contribution in [0, 0.1) is 12.8 Å². The van der Waals surface area contributed by atoms with E-state index in [2.05, 4.69) is 27.4 Å². The van der Waals surface area contributed by atoms with Crippen LogP contribution in [0.15, 0.2) is 12.3 Å². The van der Waals surface area contributed by atoms with Crippen LogP contribution in [0.25, 0.3) is 11.0 Å². The largest absolute Gasteiger partial charge is 0.349 e. The number of pyridine rings is 1. The number of amides is 1. The molecule has 2 N–H and O–H groups in total. The van der Waals surface area contributed by atoms with Crippen LogP contribution in [0.5, 0.6) is 0 Å². The fourth-order valence-electron chi connectivity index (χ4n) is 2.98. The lowest BCUT2D eigenvalue weighted by Crippen LogP contribution is -2.38. The molecule has 2 heterocycles. The molecule has 3 rings (SSSR count). The molecular formula is C15H20N4O. The predicted octanol–water partition coefficient (Wildman–Crippen LogP) is 2.57. The summed E-state index contributed by atoms with van der Waals surface area (Å²) in [5.74, 6) is 0.671. The number of nitrogens with zero attached hydrogens (tertiary/aromatic N) is 2. The molecule has 1 aliphatic carbocycles. The molecular weight excluding hydrogens is 252 g/mol. The van der Waals surface area contributed by atoms with Gasteiger partial charge < -0.3 is 5.32 Å². The lowest BCUT2D eigenvalue weighted by molar-refractivity contribution is 0.0921. The van der Waals surface area contributed by atoms with Gasteiger partial charge in [-0.25, -0.2) is 4.98 Å². The molecule has 1 fully saturated rings. The van der Waals surface area contributed by atoms with Crippen LogP contribution in [-0.2, 0) is 0 Å². The molecule has 2 atom stereocenters. The zero-order chi connectivity index (χ0) is 14.1. The van der Waals surface area contributed by atoms with Crippen LogP contribution in [0.3, 0.4) is 0 Å². The predicted molar refractivity (Wildman–Crippen MR) is 77.5 cm³/mol. The van der Waals surface area contributed by atoms with Gasteiger partial charge in [-0.05, 0) is 31.7 Å². The van der Waals surface area contributed by atoms with Crippen LogP contribution in [0.1, 0.15) is 48.7 Å². The Morgan fingerprint density at radius 3 is 3.10 bits per heavy atom. The van der Waals surface area contributed by atoms with Gasteiger partial charge in [-0.3, -0.25) is 9.89 Å². The molecule has 0 radical (unpaired) electrons. The first kappa shape index (κ1) is 13.1. The van der Waals surface area contributed by atoms with Gasteiger partial charge in [0, 0.05) is 23.3 Å². The van der Waals surface area contributed by atoms with E-state index in [1.165, 1.54) is 12.8 Å². The van der Waals surface area contributed by atoms with E-state index in [-0.39, 0.29) is 5.91 Å². The Morgan fingerprint density at radius 1 is 1.45 bits per heavy atom. The molecule has 106 valence electrons. The Labute approximate surface area is 118 Å². The third-order valence-corrected chi connectivity index (χ3v) is 4.13. The minimum atomic E-state index is -0.0286. The third-order valence-electron chi connectivity index (χ3n) is 4.13. The topological polar surface area (TPSA) is 70.7 Å². The molecule has 5 heteroatoms. The quantitative estimate of drug-likeness (QED) is 0.882. The van der Waals surface area contributed by atoms with Gasteiger partial charge in [-0.1, -0.05) is 19.8 Å². The molecule has 5 nitrogen and oxygen atoms in total. The fraction of sp³-hybridized carbons (Fsp3) is 0.533. The van der Waals surface area contributed by atoms with Gasteiger partial charge in [0.1, 0.15) is 0 Å². The molecule has 0 aromatic carbocycles. The summed E-state index contributed by atoms with van der Waals surface area (Å²) in [7, 11) is 0. The smallest absolute Gasteiger partial charge is 0.253 e. The van der Waals surface area contributed by atoms with E-state index in [9.17, 15) is 4.79 Å². The molecule has 0 bridgehead atoms. The number of hydrogen-bond donors (Lipinski definition) is 2. The molecule has 1 saturated carbocycles. The van der Waals surface area contributed by atoms with E-state index in [0.717, 1.165) is 23.9 Å². The summed E-state index contributed by atoms with van der Waals surface area (Å²) in [5, 5.41) is 11.0.